The fraction of sp³-hybridized carbons (Fsp3) is 0.643. The summed E-state index contributed by atoms with van der Waals surface area (Å²) in [5.74, 6) is 0. The minimum Gasteiger partial charge on any atom is -0.326 e. The van der Waals surface area contributed by atoms with Gasteiger partial charge in [0.15, 0.2) is 0 Å². The molecule has 100 valence electrons. The van der Waals surface area contributed by atoms with Crippen LogP contribution in [-0.4, -0.2) is 39.5 Å². The molecule has 0 aromatic carbocycles. The largest absolute Gasteiger partial charge is 0.326 e. The van der Waals surface area contributed by atoms with Crippen LogP contribution in [-0.2, 0) is 0 Å². The van der Waals surface area contributed by atoms with E-state index in [0.717, 1.165) is 18.8 Å². The molecule has 0 aliphatic carbocycles. The second-order valence-electron chi connectivity index (χ2n) is 5.27. The molecule has 2 N–H and O–H groups in total. The van der Waals surface area contributed by atoms with Crippen LogP contribution in [0.2, 0.25) is 0 Å². The number of nitrogens with zero attached hydrogens (tertiary/aromatic N) is 2. The van der Waals surface area contributed by atoms with Crippen LogP contribution in [0.25, 0.3) is 0 Å². The fourth-order valence-corrected chi connectivity index (χ4v) is 4.13. The first kappa shape index (κ1) is 13.8. The molecule has 1 aromatic heterocycles. The molecule has 0 radical (unpaired) electrons. The summed E-state index contributed by atoms with van der Waals surface area (Å²) >= 11 is 2.07. The van der Waals surface area contributed by atoms with Gasteiger partial charge in [0, 0.05) is 35.8 Å². The molecular formula is C14H23N3S. The molecule has 3 nitrogen and oxygen atoms in total. The fourth-order valence-electron chi connectivity index (χ4n) is 2.78. The highest BCUT2D eigenvalue weighted by Crippen LogP contribution is 2.31. The molecule has 0 amide bonds. The van der Waals surface area contributed by atoms with Crippen molar-refractivity contribution in [3.8, 4) is 0 Å². The number of rotatable bonds is 3. The first-order valence-corrected chi connectivity index (χ1v) is 7.58. The van der Waals surface area contributed by atoms with Gasteiger partial charge in [0.1, 0.15) is 0 Å². The van der Waals surface area contributed by atoms with E-state index in [1.165, 1.54) is 0 Å². The lowest BCUT2D eigenvalue weighted by Gasteiger charge is -2.41. The summed E-state index contributed by atoms with van der Waals surface area (Å²) in [4.78, 5) is 7.00. The van der Waals surface area contributed by atoms with Gasteiger partial charge in [-0.1, -0.05) is 19.9 Å². The second-order valence-corrected chi connectivity index (χ2v) is 7.15. The van der Waals surface area contributed by atoms with Gasteiger partial charge in [-0.2, -0.15) is 11.8 Å². The van der Waals surface area contributed by atoms with Gasteiger partial charge in [-0.25, -0.2) is 0 Å². The van der Waals surface area contributed by atoms with Crippen LogP contribution in [0.15, 0.2) is 24.4 Å². The molecule has 0 bridgehead atoms. The predicted molar refractivity (Wildman–Crippen MR) is 78.7 cm³/mol. The summed E-state index contributed by atoms with van der Waals surface area (Å²) in [6.45, 7) is 8.86. The predicted octanol–water partition coefficient (Wildman–Crippen LogP) is 2.30. The minimum atomic E-state index is 0.0994. The minimum absolute atomic E-state index is 0.0994. The van der Waals surface area contributed by atoms with E-state index < -0.39 is 0 Å². The van der Waals surface area contributed by atoms with E-state index in [9.17, 15) is 0 Å². The Balaban J connectivity index is 2.20. The first-order valence-electron chi connectivity index (χ1n) is 6.64. The van der Waals surface area contributed by atoms with Crippen LogP contribution in [0.5, 0.6) is 0 Å². The number of nitrogens with two attached hydrogens (primary N) is 1. The summed E-state index contributed by atoms with van der Waals surface area (Å²) < 4.78 is 0. The van der Waals surface area contributed by atoms with Crippen molar-refractivity contribution in [2.24, 2.45) is 5.73 Å². The molecule has 4 unspecified atom stereocenters. The Hall–Kier alpha value is -0.580. The summed E-state index contributed by atoms with van der Waals surface area (Å²) in [7, 11) is 0. The lowest BCUT2D eigenvalue weighted by Crippen LogP contribution is -2.47. The van der Waals surface area contributed by atoms with Crippen molar-refractivity contribution >= 4 is 11.8 Å². The molecule has 4 heteroatoms. The molecule has 1 aliphatic heterocycles. The normalized spacial score (nSPS) is 28.9. The molecule has 2 rings (SSSR count). The maximum atomic E-state index is 6.20. The smallest absolute Gasteiger partial charge is 0.0671 e. The highest BCUT2D eigenvalue weighted by atomic mass is 32.2. The number of pyridine rings is 1. The average molecular weight is 265 g/mol. The van der Waals surface area contributed by atoms with Crippen molar-refractivity contribution < 1.29 is 0 Å². The molecule has 1 saturated heterocycles. The summed E-state index contributed by atoms with van der Waals surface area (Å²) in [6, 6.07) is 6.42. The number of thioether (sulfide) groups is 1. The highest BCUT2D eigenvalue weighted by Gasteiger charge is 2.31. The van der Waals surface area contributed by atoms with E-state index in [1.807, 2.05) is 18.3 Å². The summed E-state index contributed by atoms with van der Waals surface area (Å²) in [5, 5.41) is 1.33. The number of hydrogen-bond donors (Lipinski definition) is 1. The van der Waals surface area contributed by atoms with Crippen molar-refractivity contribution in [3.63, 3.8) is 0 Å². The second kappa shape index (κ2) is 6.04. The van der Waals surface area contributed by atoms with Gasteiger partial charge in [0.05, 0.1) is 11.7 Å². The standard InChI is InChI=1S/C14H23N3S/c1-10-8-17(9-11(2)18-10)14(12(3)15)13-6-4-5-7-16-13/h4-7,10-12,14H,8-9,15H2,1-3H3. The highest BCUT2D eigenvalue weighted by molar-refractivity contribution is 8.00. The zero-order chi connectivity index (χ0) is 13.1. The lowest BCUT2D eigenvalue weighted by atomic mass is 10.0. The topological polar surface area (TPSA) is 42.2 Å². The van der Waals surface area contributed by atoms with Crippen LogP contribution in [0.1, 0.15) is 32.5 Å². The Labute approximate surface area is 114 Å². The van der Waals surface area contributed by atoms with Gasteiger partial charge in [-0.15, -0.1) is 0 Å². The Morgan fingerprint density at radius 2 is 2.00 bits per heavy atom. The molecule has 18 heavy (non-hydrogen) atoms. The van der Waals surface area contributed by atoms with Crippen molar-refractivity contribution in [1.29, 1.82) is 0 Å². The van der Waals surface area contributed by atoms with Crippen molar-refractivity contribution in [2.75, 3.05) is 13.1 Å². The monoisotopic (exact) mass is 265 g/mol. The zero-order valence-corrected chi connectivity index (χ0v) is 12.2. The Kier molecular flexibility index (Phi) is 4.65. The summed E-state index contributed by atoms with van der Waals surface area (Å²) in [5.41, 5.74) is 7.30. The molecule has 0 saturated carbocycles. The van der Waals surface area contributed by atoms with Gasteiger partial charge in [-0.05, 0) is 19.1 Å². The Bertz CT molecular complexity index is 359. The number of hydrogen-bond acceptors (Lipinski definition) is 4. The zero-order valence-electron chi connectivity index (χ0n) is 11.4. The maximum Gasteiger partial charge on any atom is 0.0671 e. The van der Waals surface area contributed by atoms with Crippen molar-refractivity contribution in [2.45, 2.75) is 43.4 Å². The molecule has 1 aromatic rings. The third kappa shape index (κ3) is 3.25. The SMILES string of the molecule is CC1CN(C(c2ccccn2)C(C)N)CC(C)S1. The molecular weight excluding hydrogens is 242 g/mol. The number of aromatic nitrogens is 1. The van der Waals surface area contributed by atoms with Gasteiger partial charge < -0.3 is 5.73 Å². The van der Waals surface area contributed by atoms with E-state index >= 15 is 0 Å². The van der Waals surface area contributed by atoms with Crippen LogP contribution in [0.3, 0.4) is 0 Å². The van der Waals surface area contributed by atoms with E-state index in [2.05, 4.69) is 48.5 Å². The van der Waals surface area contributed by atoms with E-state index in [0.29, 0.717) is 10.5 Å². The van der Waals surface area contributed by atoms with Gasteiger partial charge >= 0.3 is 0 Å². The molecule has 1 fully saturated rings. The van der Waals surface area contributed by atoms with Crippen LogP contribution < -0.4 is 5.73 Å². The molecule has 4 atom stereocenters. The Morgan fingerprint density at radius 3 is 2.50 bits per heavy atom. The van der Waals surface area contributed by atoms with Crippen LogP contribution in [0.4, 0.5) is 0 Å². The maximum absolute atomic E-state index is 6.20. The van der Waals surface area contributed by atoms with Crippen molar-refractivity contribution in [1.82, 2.24) is 9.88 Å². The van der Waals surface area contributed by atoms with Gasteiger partial charge in [0.2, 0.25) is 0 Å². The van der Waals surface area contributed by atoms with Gasteiger partial charge in [-0.3, -0.25) is 9.88 Å². The average Bonchev–Trinajstić information content (AvgIpc) is 2.28. The first-order chi connectivity index (χ1) is 8.58. The third-order valence-electron chi connectivity index (χ3n) is 3.33. The Morgan fingerprint density at radius 1 is 1.33 bits per heavy atom. The van der Waals surface area contributed by atoms with Crippen molar-refractivity contribution in [3.05, 3.63) is 30.1 Å². The quantitative estimate of drug-likeness (QED) is 0.910. The lowest BCUT2D eigenvalue weighted by molar-refractivity contribution is 0.171. The van der Waals surface area contributed by atoms with Crippen LogP contribution >= 0.6 is 11.8 Å². The van der Waals surface area contributed by atoms with Gasteiger partial charge in [0.25, 0.3) is 0 Å². The molecule has 0 spiro atoms. The molecule has 2 heterocycles. The van der Waals surface area contributed by atoms with E-state index in [1.54, 1.807) is 0 Å². The van der Waals surface area contributed by atoms with Crippen LogP contribution in [0, 0.1) is 0 Å². The summed E-state index contributed by atoms with van der Waals surface area (Å²) in [6.07, 6.45) is 1.86. The molecule has 1 aliphatic rings. The van der Waals surface area contributed by atoms with E-state index in [4.69, 9.17) is 5.73 Å². The third-order valence-corrected chi connectivity index (χ3v) is 4.56. The van der Waals surface area contributed by atoms with E-state index in [-0.39, 0.29) is 12.1 Å².